The quantitative estimate of drug-likeness (QED) is 0.323. The van der Waals surface area contributed by atoms with Gasteiger partial charge in [0.15, 0.2) is 11.5 Å². The summed E-state index contributed by atoms with van der Waals surface area (Å²) in [5, 5.41) is 4.09. The Morgan fingerprint density at radius 3 is 2.18 bits per heavy atom. The maximum atomic E-state index is 11.9. The van der Waals surface area contributed by atoms with Crippen LogP contribution in [0.1, 0.15) is 44.2 Å². The van der Waals surface area contributed by atoms with Crippen LogP contribution in [0, 0.1) is 0 Å². The number of imide groups is 2. The molecule has 4 amide bonds. The first-order valence-corrected chi connectivity index (χ1v) is 10.9. The van der Waals surface area contributed by atoms with Gasteiger partial charge < -0.3 is 14.2 Å². The number of barbiturate groups is 1. The predicted molar refractivity (Wildman–Crippen MR) is 123 cm³/mol. The highest BCUT2D eigenvalue weighted by atomic mass is 16.5. The van der Waals surface area contributed by atoms with Crippen LogP contribution in [-0.2, 0) is 9.59 Å². The first kappa shape index (κ1) is 23.8. The van der Waals surface area contributed by atoms with Crippen molar-refractivity contribution in [3.8, 4) is 17.2 Å². The van der Waals surface area contributed by atoms with Crippen LogP contribution in [0.15, 0.2) is 48.0 Å². The Morgan fingerprint density at radius 2 is 1.52 bits per heavy atom. The molecular weight excluding hydrogens is 424 g/mol. The first-order valence-electron chi connectivity index (χ1n) is 10.9. The van der Waals surface area contributed by atoms with Crippen molar-refractivity contribution in [3.63, 3.8) is 0 Å². The molecule has 174 valence electrons. The summed E-state index contributed by atoms with van der Waals surface area (Å²) in [5.41, 5.74) is 1.56. The first-order chi connectivity index (χ1) is 15.9. The number of carbonyl (C=O) groups excluding carboxylic acids is 3. The predicted octanol–water partition coefficient (Wildman–Crippen LogP) is 3.81. The minimum absolute atomic E-state index is 0.168. The fraction of sp³-hybridized carbons (Fsp3) is 0.320. The Balaban J connectivity index is 1.67. The van der Waals surface area contributed by atoms with Crippen LogP contribution in [0.2, 0.25) is 0 Å². The number of rotatable bonds is 10. The highest BCUT2D eigenvalue weighted by Gasteiger charge is 2.27. The average molecular weight is 453 g/mol. The maximum Gasteiger partial charge on any atom is 0.328 e. The zero-order valence-electron chi connectivity index (χ0n) is 19.0. The lowest BCUT2D eigenvalue weighted by molar-refractivity contribution is -0.123. The van der Waals surface area contributed by atoms with Gasteiger partial charge in [-0.2, -0.15) is 0 Å². The third-order valence-electron chi connectivity index (χ3n) is 5.18. The number of hydrogen-bond acceptors (Lipinski definition) is 6. The van der Waals surface area contributed by atoms with Crippen LogP contribution in [0.3, 0.4) is 0 Å². The zero-order chi connectivity index (χ0) is 23.8. The standard InChI is InChI=1S/C25H28N2O6/c1-4-16(3)18-8-6-7-9-20(18)32-12-13-33-21-11-10-17(15-22(21)31-5-2)14-19-23(28)26-25(30)27-24(19)29/h6-11,14-16H,4-5,12-13H2,1-3H3,(H2,26,27,28,29,30)/t16-/m0/s1. The van der Waals surface area contributed by atoms with E-state index in [-0.39, 0.29) is 5.57 Å². The Labute approximate surface area is 192 Å². The third kappa shape index (κ3) is 6.12. The molecule has 1 aliphatic heterocycles. The molecule has 0 saturated carbocycles. The monoisotopic (exact) mass is 452 g/mol. The van der Waals surface area contributed by atoms with Gasteiger partial charge in [0, 0.05) is 0 Å². The number of amides is 4. The van der Waals surface area contributed by atoms with Gasteiger partial charge in [-0.3, -0.25) is 20.2 Å². The van der Waals surface area contributed by atoms with Crippen molar-refractivity contribution in [2.45, 2.75) is 33.1 Å². The molecule has 1 fully saturated rings. The molecule has 0 radical (unpaired) electrons. The SMILES string of the molecule is CCOc1cc(C=C2C(=O)NC(=O)NC2=O)ccc1OCCOc1ccccc1[C@@H](C)CC. The number of urea groups is 1. The fourth-order valence-electron chi connectivity index (χ4n) is 3.32. The Kier molecular flexibility index (Phi) is 8.07. The molecule has 0 aromatic heterocycles. The molecule has 0 aliphatic carbocycles. The molecule has 2 aromatic rings. The van der Waals surface area contributed by atoms with Crippen molar-refractivity contribution in [2.75, 3.05) is 19.8 Å². The van der Waals surface area contributed by atoms with Crippen LogP contribution in [0.5, 0.6) is 17.2 Å². The molecular formula is C25H28N2O6. The van der Waals surface area contributed by atoms with Crippen LogP contribution in [0.4, 0.5) is 4.79 Å². The Bertz CT molecular complexity index is 1040. The minimum Gasteiger partial charge on any atom is -0.490 e. The normalized spacial score (nSPS) is 14.3. The number of ether oxygens (including phenoxy) is 3. The largest absolute Gasteiger partial charge is 0.490 e. The van der Waals surface area contributed by atoms with Gasteiger partial charge in [-0.05, 0) is 54.7 Å². The maximum absolute atomic E-state index is 11.9. The van der Waals surface area contributed by atoms with Gasteiger partial charge in [0.05, 0.1) is 6.61 Å². The Morgan fingerprint density at radius 1 is 0.848 bits per heavy atom. The number of carbonyl (C=O) groups is 3. The van der Waals surface area contributed by atoms with Crippen LogP contribution < -0.4 is 24.8 Å². The molecule has 8 heteroatoms. The summed E-state index contributed by atoms with van der Waals surface area (Å²) in [7, 11) is 0. The van der Waals surface area contributed by atoms with E-state index in [2.05, 4.69) is 19.9 Å². The van der Waals surface area contributed by atoms with E-state index in [0.29, 0.717) is 42.8 Å². The second kappa shape index (κ2) is 11.2. The number of para-hydroxylation sites is 1. The lowest BCUT2D eigenvalue weighted by Crippen LogP contribution is -2.51. The smallest absolute Gasteiger partial charge is 0.328 e. The summed E-state index contributed by atoms with van der Waals surface area (Å²) in [6.07, 6.45) is 2.41. The molecule has 0 spiro atoms. The molecule has 2 N–H and O–H groups in total. The molecule has 0 bridgehead atoms. The molecule has 8 nitrogen and oxygen atoms in total. The molecule has 1 atom stereocenters. The summed E-state index contributed by atoms with van der Waals surface area (Å²) in [6.45, 7) is 7.23. The van der Waals surface area contributed by atoms with Crippen molar-refractivity contribution >= 4 is 23.9 Å². The second-order valence-electron chi connectivity index (χ2n) is 7.48. The lowest BCUT2D eigenvalue weighted by Gasteiger charge is -2.17. The van der Waals surface area contributed by atoms with Gasteiger partial charge in [0.25, 0.3) is 11.8 Å². The fourth-order valence-corrected chi connectivity index (χ4v) is 3.32. The van der Waals surface area contributed by atoms with Crippen molar-refractivity contribution < 1.29 is 28.6 Å². The summed E-state index contributed by atoms with van der Waals surface area (Å²) >= 11 is 0. The Hall–Kier alpha value is -3.81. The van der Waals surface area contributed by atoms with Crippen LogP contribution in [0.25, 0.3) is 6.08 Å². The highest BCUT2D eigenvalue weighted by Crippen LogP contribution is 2.30. The van der Waals surface area contributed by atoms with E-state index >= 15 is 0 Å². The highest BCUT2D eigenvalue weighted by molar-refractivity contribution is 6.31. The molecule has 33 heavy (non-hydrogen) atoms. The van der Waals surface area contributed by atoms with E-state index in [1.165, 1.54) is 11.6 Å². The molecule has 2 aromatic carbocycles. The van der Waals surface area contributed by atoms with Gasteiger partial charge in [-0.1, -0.05) is 38.1 Å². The summed E-state index contributed by atoms with van der Waals surface area (Å²) in [4.78, 5) is 35.1. The van der Waals surface area contributed by atoms with E-state index in [1.807, 2.05) is 35.8 Å². The van der Waals surface area contributed by atoms with Gasteiger partial charge in [-0.25, -0.2) is 4.79 Å². The van der Waals surface area contributed by atoms with Gasteiger partial charge in [0.2, 0.25) is 0 Å². The minimum atomic E-state index is -0.838. The van der Waals surface area contributed by atoms with Crippen molar-refractivity contribution in [1.82, 2.24) is 10.6 Å². The van der Waals surface area contributed by atoms with Gasteiger partial charge >= 0.3 is 6.03 Å². The average Bonchev–Trinajstić information content (AvgIpc) is 2.80. The van der Waals surface area contributed by atoms with E-state index < -0.39 is 17.8 Å². The van der Waals surface area contributed by atoms with Gasteiger partial charge in [0.1, 0.15) is 24.5 Å². The van der Waals surface area contributed by atoms with Crippen molar-refractivity contribution in [3.05, 3.63) is 59.2 Å². The van der Waals surface area contributed by atoms with E-state index in [9.17, 15) is 14.4 Å². The van der Waals surface area contributed by atoms with E-state index in [4.69, 9.17) is 14.2 Å². The number of benzene rings is 2. The van der Waals surface area contributed by atoms with Crippen molar-refractivity contribution in [2.24, 2.45) is 0 Å². The molecule has 3 rings (SSSR count). The van der Waals surface area contributed by atoms with Gasteiger partial charge in [-0.15, -0.1) is 0 Å². The zero-order valence-corrected chi connectivity index (χ0v) is 19.0. The molecule has 1 aliphatic rings. The molecule has 1 heterocycles. The molecule has 1 saturated heterocycles. The van der Waals surface area contributed by atoms with Crippen LogP contribution in [-0.4, -0.2) is 37.7 Å². The van der Waals surface area contributed by atoms with Crippen molar-refractivity contribution in [1.29, 1.82) is 0 Å². The molecule has 0 unspecified atom stereocenters. The van der Waals surface area contributed by atoms with E-state index in [0.717, 1.165) is 12.2 Å². The topological polar surface area (TPSA) is 103 Å². The lowest BCUT2D eigenvalue weighted by atomic mass is 9.98. The van der Waals surface area contributed by atoms with E-state index in [1.54, 1.807) is 18.2 Å². The summed E-state index contributed by atoms with van der Waals surface area (Å²) < 4.78 is 17.5. The number of hydrogen-bond donors (Lipinski definition) is 2. The number of nitrogens with one attached hydrogen (secondary N) is 2. The third-order valence-corrected chi connectivity index (χ3v) is 5.18. The second-order valence-corrected chi connectivity index (χ2v) is 7.48. The summed E-state index contributed by atoms with van der Waals surface area (Å²) in [6, 6.07) is 12.2. The summed E-state index contributed by atoms with van der Waals surface area (Å²) in [5.74, 6) is 0.739. The van der Waals surface area contributed by atoms with Crippen LogP contribution >= 0.6 is 0 Å².